The van der Waals surface area contributed by atoms with E-state index >= 15 is 0 Å². The summed E-state index contributed by atoms with van der Waals surface area (Å²) in [6.45, 7) is 2.79. The van der Waals surface area contributed by atoms with Crippen molar-refractivity contribution in [3.63, 3.8) is 0 Å². The first kappa shape index (κ1) is 14.0. The summed E-state index contributed by atoms with van der Waals surface area (Å²) in [6.07, 6.45) is 3.47. The highest BCUT2D eigenvalue weighted by Gasteiger charge is 2.03. The van der Waals surface area contributed by atoms with Gasteiger partial charge in [-0.15, -0.1) is 0 Å². The molecule has 0 aliphatic heterocycles. The zero-order chi connectivity index (χ0) is 13.5. The third kappa shape index (κ3) is 4.29. The van der Waals surface area contributed by atoms with Gasteiger partial charge in [-0.2, -0.15) is 0 Å². The smallest absolute Gasteiger partial charge is 0.122 e. The minimum atomic E-state index is 0.584. The molecule has 0 aliphatic carbocycles. The maximum absolute atomic E-state index is 5.92. The summed E-state index contributed by atoms with van der Waals surface area (Å²) in [4.78, 5) is 0. The summed E-state index contributed by atoms with van der Waals surface area (Å²) in [5.41, 5.74) is 2.42. The fourth-order valence-corrected chi connectivity index (χ4v) is 2.09. The van der Waals surface area contributed by atoms with Crippen LogP contribution in [0, 0.1) is 0 Å². The normalized spacial score (nSPS) is 10.4. The third-order valence-corrected chi connectivity index (χ3v) is 3.33. The highest BCUT2D eigenvalue weighted by Crippen LogP contribution is 2.21. The Hall–Kier alpha value is -1.47. The lowest BCUT2D eigenvalue weighted by molar-refractivity contribution is 0.302. The van der Waals surface area contributed by atoms with Crippen LogP contribution in [0.1, 0.15) is 30.9 Å². The van der Waals surface area contributed by atoms with Gasteiger partial charge in [-0.25, -0.2) is 0 Å². The predicted molar refractivity (Wildman–Crippen MR) is 80.8 cm³/mol. The summed E-state index contributed by atoms with van der Waals surface area (Å²) in [7, 11) is 0. The van der Waals surface area contributed by atoms with E-state index < -0.39 is 0 Å². The van der Waals surface area contributed by atoms with Crippen LogP contribution in [0.3, 0.4) is 0 Å². The first-order valence-electron chi connectivity index (χ1n) is 6.74. The molecule has 0 amide bonds. The molecule has 100 valence electrons. The van der Waals surface area contributed by atoms with Crippen LogP contribution < -0.4 is 4.74 Å². The Bertz CT molecular complexity index is 505. The van der Waals surface area contributed by atoms with Crippen LogP contribution in [0.4, 0.5) is 0 Å². The molecule has 0 radical (unpaired) electrons. The Kier molecular flexibility index (Phi) is 5.29. The van der Waals surface area contributed by atoms with Gasteiger partial charge in [0, 0.05) is 5.02 Å². The molecule has 2 heteroatoms. The highest BCUT2D eigenvalue weighted by atomic mass is 35.5. The van der Waals surface area contributed by atoms with Crippen LogP contribution in [-0.2, 0) is 13.0 Å². The van der Waals surface area contributed by atoms with Crippen molar-refractivity contribution in [2.75, 3.05) is 0 Å². The number of aryl methyl sites for hydroxylation is 1. The number of hydrogen-bond acceptors (Lipinski definition) is 1. The molecule has 0 heterocycles. The van der Waals surface area contributed by atoms with Crippen molar-refractivity contribution >= 4 is 11.6 Å². The molecule has 0 saturated carbocycles. The molecule has 0 saturated heterocycles. The fraction of sp³-hybridized carbons (Fsp3) is 0.294. The number of hydrogen-bond donors (Lipinski definition) is 0. The van der Waals surface area contributed by atoms with Crippen molar-refractivity contribution in [2.45, 2.75) is 32.8 Å². The Morgan fingerprint density at radius 3 is 2.47 bits per heavy atom. The van der Waals surface area contributed by atoms with Gasteiger partial charge in [-0.1, -0.05) is 55.3 Å². The van der Waals surface area contributed by atoms with Gasteiger partial charge in [0.1, 0.15) is 12.4 Å². The molecule has 0 aromatic heterocycles. The molecule has 0 N–H and O–H groups in total. The van der Waals surface area contributed by atoms with E-state index in [0.717, 1.165) is 22.8 Å². The summed E-state index contributed by atoms with van der Waals surface area (Å²) in [5, 5.41) is 0.757. The van der Waals surface area contributed by atoms with Gasteiger partial charge in [0.15, 0.2) is 0 Å². The molecule has 0 aliphatic rings. The van der Waals surface area contributed by atoms with Crippen molar-refractivity contribution in [3.8, 4) is 5.75 Å². The third-order valence-electron chi connectivity index (χ3n) is 3.08. The minimum Gasteiger partial charge on any atom is -0.489 e. The Morgan fingerprint density at radius 2 is 1.74 bits per heavy atom. The van der Waals surface area contributed by atoms with Crippen LogP contribution in [0.25, 0.3) is 0 Å². The molecule has 0 fully saturated rings. The number of para-hydroxylation sites is 1. The highest BCUT2D eigenvalue weighted by molar-refractivity contribution is 6.30. The molecule has 1 nitrogen and oxygen atoms in total. The number of unbranched alkanes of at least 4 members (excludes halogenated alkanes) is 1. The molecule has 0 spiro atoms. The lowest BCUT2D eigenvalue weighted by Crippen LogP contribution is -1.98. The molecular formula is C17H19ClO. The van der Waals surface area contributed by atoms with Gasteiger partial charge in [0.2, 0.25) is 0 Å². The molecule has 2 rings (SSSR count). The van der Waals surface area contributed by atoms with Gasteiger partial charge in [-0.3, -0.25) is 0 Å². The monoisotopic (exact) mass is 274 g/mol. The van der Waals surface area contributed by atoms with E-state index in [4.69, 9.17) is 16.3 Å². The Labute approximate surface area is 120 Å². The van der Waals surface area contributed by atoms with E-state index in [-0.39, 0.29) is 0 Å². The number of ether oxygens (including phenoxy) is 1. The summed E-state index contributed by atoms with van der Waals surface area (Å²) in [5.74, 6) is 0.992. The second kappa shape index (κ2) is 7.20. The van der Waals surface area contributed by atoms with Gasteiger partial charge < -0.3 is 4.74 Å². The number of rotatable bonds is 6. The summed E-state index contributed by atoms with van der Waals surface area (Å²) >= 11 is 5.87. The lowest BCUT2D eigenvalue weighted by Gasteiger charge is -2.11. The van der Waals surface area contributed by atoms with Gasteiger partial charge >= 0.3 is 0 Å². The maximum atomic E-state index is 5.92. The van der Waals surface area contributed by atoms with Crippen LogP contribution >= 0.6 is 11.6 Å². The van der Waals surface area contributed by atoms with Crippen molar-refractivity contribution in [1.82, 2.24) is 0 Å². The Balaban J connectivity index is 2.00. The number of halogens is 1. The van der Waals surface area contributed by atoms with E-state index in [2.05, 4.69) is 19.1 Å². The first-order chi connectivity index (χ1) is 9.29. The zero-order valence-corrected chi connectivity index (χ0v) is 12.0. The molecule has 0 atom stereocenters. The average Bonchev–Trinajstić information content (AvgIpc) is 2.45. The van der Waals surface area contributed by atoms with Crippen LogP contribution in [0.5, 0.6) is 5.75 Å². The standard InChI is InChI=1S/C17H19ClO/c1-2-3-6-15-7-4-5-8-17(15)19-13-14-9-11-16(18)12-10-14/h4-5,7-12H,2-3,6,13H2,1H3. The van der Waals surface area contributed by atoms with Gasteiger partial charge in [0.05, 0.1) is 0 Å². The molecule has 0 unspecified atom stereocenters. The molecule has 2 aromatic carbocycles. The molecule has 2 aromatic rings. The van der Waals surface area contributed by atoms with Gasteiger partial charge in [0.25, 0.3) is 0 Å². The van der Waals surface area contributed by atoms with Crippen LogP contribution in [0.2, 0.25) is 5.02 Å². The Morgan fingerprint density at radius 1 is 1.00 bits per heavy atom. The van der Waals surface area contributed by atoms with Crippen LogP contribution in [0.15, 0.2) is 48.5 Å². The quantitative estimate of drug-likeness (QED) is 0.698. The van der Waals surface area contributed by atoms with E-state index in [1.54, 1.807) is 0 Å². The van der Waals surface area contributed by atoms with Crippen molar-refractivity contribution < 1.29 is 4.74 Å². The van der Waals surface area contributed by atoms with E-state index in [0.29, 0.717) is 6.61 Å². The number of benzene rings is 2. The van der Waals surface area contributed by atoms with E-state index in [1.165, 1.54) is 18.4 Å². The minimum absolute atomic E-state index is 0.584. The summed E-state index contributed by atoms with van der Waals surface area (Å²) in [6, 6.07) is 16.1. The SMILES string of the molecule is CCCCc1ccccc1OCc1ccc(Cl)cc1. The van der Waals surface area contributed by atoms with Crippen molar-refractivity contribution in [3.05, 3.63) is 64.7 Å². The van der Waals surface area contributed by atoms with E-state index in [1.807, 2.05) is 36.4 Å². The van der Waals surface area contributed by atoms with Crippen molar-refractivity contribution in [1.29, 1.82) is 0 Å². The predicted octanol–water partition coefficient (Wildman–Crippen LogP) is 5.26. The lowest BCUT2D eigenvalue weighted by atomic mass is 10.1. The molecule has 19 heavy (non-hydrogen) atoms. The second-order valence-electron chi connectivity index (χ2n) is 4.63. The van der Waals surface area contributed by atoms with E-state index in [9.17, 15) is 0 Å². The average molecular weight is 275 g/mol. The molecule has 0 bridgehead atoms. The fourth-order valence-electron chi connectivity index (χ4n) is 1.96. The molecular weight excluding hydrogens is 256 g/mol. The first-order valence-corrected chi connectivity index (χ1v) is 7.12. The van der Waals surface area contributed by atoms with Gasteiger partial charge in [-0.05, 0) is 42.2 Å². The topological polar surface area (TPSA) is 9.23 Å². The maximum Gasteiger partial charge on any atom is 0.122 e. The van der Waals surface area contributed by atoms with Crippen molar-refractivity contribution in [2.24, 2.45) is 0 Å². The largest absolute Gasteiger partial charge is 0.489 e. The zero-order valence-electron chi connectivity index (χ0n) is 11.2. The van der Waals surface area contributed by atoms with Crippen LogP contribution in [-0.4, -0.2) is 0 Å². The summed E-state index contributed by atoms with van der Waals surface area (Å²) < 4.78 is 5.92. The second-order valence-corrected chi connectivity index (χ2v) is 5.06.